The summed E-state index contributed by atoms with van der Waals surface area (Å²) in [6.07, 6.45) is 2.62. The molecule has 0 atom stereocenters. The lowest BCUT2D eigenvalue weighted by Crippen LogP contribution is -1.99. The first-order valence-electron chi connectivity index (χ1n) is 6.33. The van der Waals surface area contributed by atoms with Crippen LogP contribution in [0.2, 0.25) is 0 Å². The number of halogens is 1. The zero-order valence-electron chi connectivity index (χ0n) is 11.0. The third-order valence-electron chi connectivity index (χ3n) is 3.29. The van der Waals surface area contributed by atoms with Crippen molar-refractivity contribution in [2.24, 2.45) is 0 Å². The molecule has 3 aromatic rings. The van der Waals surface area contributed by atoms with Crippen LogP contribution in [0, 0.1) is 12.7 Å². The number of fused-ring (bicyclic) bond motifs is 1. The number of pyridine rings is 1. The molecule has 0 amide bonds. The van der Waals surface area contributed by atoms with Crippen molar-refractivity contribution in [3.63, 3.8) is 0 Å². The van der Waals surface area contributed by atoms with Gasteiger partial charge < -0.3 is 4.57 Å². The molecule has 2 aromatic heterocycles. The van der Waals surface area contributed by atoms with Crippen LogP contribution in [-0.4, -0.2) is 15.8 Å². The molecule has 0 aliphatic rings. The van der Waals surface area contributed by atoms with E-state index in [1.165, 1.54) is 12.1 Å². The fourth-order valence-corrected chi connectivity index (χ4v) is 2.29. The summed E-state index contributed by atoms with van der Waals surface area (Å²) in [5, 5.41) is 0.840. The van der Waals surface area contributed by atoms with Gasteiger partial charge in [0.05, 0.1) is 0 Å². The van der Waals surface area contributed by atoms with Crippen LogP contribution in [0.25, 0.3) is 11.0 Å². The maximum Gasteiger partial charge on any atom is 0.152 e. The predicted octanol–water partition coefficient (Wildman–Crippen LogP) is 3.34. The van der Waals surface area contributed by atoms with Crippen LogP contribution in [0.1, 0.15) is 21.6 Å². The summed E-state index contributed by atoms with van der Waals surface area (Å²) in [6, 6.07) is 10.1. The Kier molecular flexibility index (Phi) is 3.06. The molecule has 0 radical (unpaired) electrons. The Bertz CT molecular complexity index is 775. The Morgan fingerprint density at radius 1 is 1.20 bits per heavy atom. The van der Waals surface area contributed by atoms with Gasteiger partial charge in [-0.2, -0.15) is 0 Å². The van der Waals surface area contributed by atoms with Gasteiger partial charge in [0.15, 0.2) is 6.29 Å². The van der Waals surface area contributed by atoms with Gasteiger partial charge in [-0.1, -0.05) is 12.1 Å². The molecule has 0 saturated carbocycles. The number of nitrogens with zero attached hydrogens (tertiary/aromatic N) is 2. The second-order valence-electron chi connectivity index (χ2n) is 4.78. The van der Waals surface area contributed by atoms with Crippen molar-refractivity contribution in [2.45, 2.75) is 13.5 Å². The second kappa shape index (κ2) is 4.89. The van der Waals surface area contributed by atoms with Crippen molar-refractivity contribution in [1.29, 1.82) is 0 Å². The molecule has 3 nitrogen and oxygen atoms in total. The molecule has 20 heavy (non-hydrogen) atoms. The lowest BCUT2D eigenvalue weighted by Gasteiger charge is -2.05. The summed E-state index contributed by atoms with van der Waals surface area (Å²) in [6.45, 7) is 2.47. The number of benzene rings is 1. The van der Waals surface area contributed by atoms with E-state index in [1.807, 2.05) is 23.6 Å². The number of carbonyl (C=O) groups excluding carboxylic acids is 1. The van der Waals surface area contributed by atoms with Crippen LogP contribution < -0.4 is 0 Å². The largest absolute Gasteiger partial charge is 0.327 e. The summed E-state index contributed by atoms with van der Waals surface area (Å²) < 4.78 is 14.8. The number of aryl methyl sites for hydroxylation is 1. The van der Waals surface area contributed by atoms with Crippen LogP contribution in [0.3, 0.4) is 0 Å². The molecule has 0 aliphatic carbocycles. The normalized spacial score (nSPS) is 10.9. The highest BCUT2D eigenvalue weighted by Crippen LogP contribution is 2.20. The van der Waals surface area contributed by atoms with E-state index in [0.717, 1.165) is 28.6 Å². The molecule has 0 saturated heterocycles. The minimum absolute atomic E-state index is 0.256. The van der Waals surface area contributed by atoms with E-state index >= 15 is 0 Å². The Balaban J connectivity index is 2.08. The molecule has 4 heteroatoms. The summed E-state index contributed by atoms with van der Waals surface area (Å²) in [5.41, 5.74) is 3.25. The first kappa shape index (κ1) is 12.5. The summed E-state index contributed by atoms with van der Waals surface area (Å²) >= 11 is 0. The van der Waals surface area contributed by atoms with Gasteiger partial charge in [0.2, 0.25) is 0 Å². The molecule has 0 bridgehead atoms. The lowest BCUT2D eigenvalue weighted by atomic mass is 10.2. The van der Waals surface area contributed by atoms with Gasteiger partial charge >= 0.3 is 0 Å². The highest BCUT2D eigenvalue weighted by molar-refractivity contribution is 5.96. The standard InChI is InChI=1S/C16H13FN2O/c1-11-2-7-15-13(10-20)9-19(16(15)18-11)8-12-3-5-14(17)6-4-12/h2-7,9-10H,8H2,1H3. The van der Waals surface area contributed by atoms with Crippen LogP contribution in [0.4, 0.5) is 4.39 Å². The first-order chi connectivity index (χ1) is 9.67. The molecule has 0 unspecified atom stereocenters. The minimum Gasteiger partial charge on any atom is -0.327 e. The zero-order valence-corrected chi connectivity index (χ0v) is 11.0. The number of hydrogen-bond donors (Lipinski definition) is 0. The maximum atomic E-state index is 12.9. The Hall–Kier alpha value is -2.49. The van der Waals surface area contributed by atoms with Gasteiger partial charge in [-0.05, 0) is 36.8 Å². The van der Waals surface area contributed by atoms with E-state index in [0.29, 0.717) is 12.1 Å². The Labute approximate surface area is 115 Å². The predicted molar refractivity (Wildman–Crippen MR) is 75.4 cm³/mol. The highest BCUT2D eigenvalue weighted by Gasteiger charge is 2.09. The van der Waals surface area contributed by atoms with Crippen LogP contribution in [0.15, 0.2) is 42.6 Å². The molecule has 1 aromatic carbocycles. The smallest absolute Gasteiger partial charge is 0.152 e. The monoisotopic (exact) mass is 268 g/mol. The molecule has 0 fully saturated rings. The van der Waals surface area contributed by atoms with Crippen molar-refractivity contribution in [3.05, 3.63) is 65.2 Å². The summed E-state index contributed by atoms with van der Waals surface area (Å²) in [4.78, 5) is 15.6. The molecule has 100 valence electrons. The van der Waals surface area contributed by atoms with E-state index in [1.54, 1.807) is 18.3 Å². The van der Waals surface area contributed by atoms with Gasteiger partial charge in [0, 0.05) is 29.4 Å². The fraction of sp³-hybridized carbons (Fsp3) is 0.125. The molecule has 0 aliphatic heterocycles. The fourth-order valence-electron chi connectivity index (χ4n) is 2.29. The van der Waals surface area contributed by atoms with E-state index in [9.17, 15) is 9.18 Å². The van der Waals surface area contributed by atoms with Gasteiger partial charge in [0.1, 0.15) is 11.5 Å². The molecular formula is C16H13FN2O. The number of hydrogen-bond acceptors (Lipinski definition) is 2. The third kappa shape index (κ3) is 2.20. The van der Waals surface area contributed by atoms with Crippen molar-refractivity contribution >= 4 is 17.3 Å². The van der Waals surface area contributed by atoms with Crippen LogP contribution >= 0.6 is 0 Å². The Morgan fingerprint density at radius 2 is 1.95 bits per heavy atom. The maximum absolute atomic E-state index is 12.9. The Morgan fingerprint density at radius 3 is 2.65 bits per heavy atom. The topological polar surface area (TPSA) is 34.9 Å². The number of aromatic nitrogens is 2. The van der Waals surface area contributed by atoms with Crippen LogP contribution in [-0.2, 0) is 6.54 Å². The van der Waals surface area contributed by atoms with Crippen molar-refractivity contribution in [2.75, 3.05) is 0 Å². The van der Waals surface area contributed by atoms with Crippen molar-refractivity contribution in [3.8, 4) is 0 Å². The summed E-state index contributed by atoms with van der Waals surface area (Å²) in [7, 11) is 0. The van der Waals surface area contributed by atoms with E-state index in [4.69, 9.17) is 0 Å². The van der Waals surface area contributed by atoms with Gasteiger partial charge in [-0.3, -0.25) is 4.79 Å². The molecular weight excluding hydrogens is 255 g/mol. The highest BCUT2D eigenvalue weighted by atomic mass is 19.1. The average Bonchev–Trinajstić information content (AvgIpc) is 2.79. The molecule has 3 rings (SSSR count). The van der Waals surface area contributed by atoms with Gasteiger partial charge in [-0.15, -0.1) is 0 Å². The van der Waals surface area contributed by atoms with E-state index in [2.05, 4.69) is 4.98 Å². The van der Waals surface area contributed by atoms with Crippen LogP contribution in [0.5, 0.6) is 0 Å². The SMILES string of the molecule is Cc1ccc2c(C=O)cn(Cc3ccc(F)cc3)c2n1. The van der Waals surface area contributed by atoms with E-state index < -0.39 is 0 Å². The molecule has 0 N–H and O–H groups in total. The number of carbonyl (C=O) groups is 1. The zero-order chi connectivity index (χ0) is 14.1. The average molecular weight is 268 g/mol. The second-order valence-corrected chi connectivity index (χ2v) is 4.78. The summed E-state index contributed by atoms with van der Waals surface area (Å²) in [5.74, 6) is -0.256. The minimum atomic E-state index is -0.256. The van der Waals surface area contributed by atoms with Crippen molar-refractivity contribution in [1.82, 2.24) is 9.55 Å². The van der Waals surface area contributed by atoms with Gasteiger partial charge in [0.25, 0.3) is 0 Å². The number of rotatable bonds is 3. The molecule has 2 heterocycles. The number of aldehydes is 1. The third-order valence-corrected chi connectivity index (χ3v) is 3.29. The quantitative estimate of drug-likeness (QED) is 0.683. The lowest BCUT2D eigenvalue weighted by molar-refractivity contribution is 0.112. The van der Waals surface area contributed by atoms with E-state index in [-0.39, 0.29) is 5.82 Å². The first-order valence-corrected chi connectivity index (χ1v) is 6.33. The van der Waals surface area contributed by atoms with Crippen molar-refractivity contribution < 1.29 is 9.18 Å². The molecule has 0 spiro atoms. The van der Waals surface area contributed by atoms with Gasteiger partial charge in [-0.25, -0.2) is 9.37 Å².